The van der Waals surface area contributed by atoms with Crippen LogP contribution in [0.4, 0.5) is 5.69 Å². The zero-order chi connectivity index (χ0) is 10.6. The fourth-order valence-corrected chi connectivity index (χ4v) is 1.01. The van der Waals surface area contributed by atoms with E-state index in [-0.39, 0.29) is 0 Å². The van der Waals surface area contributed by atoms with Crippen LogP contribution in [0.1, 0.15) is 10.4 Å². The lowest BCUT2D eigenvalue weighted by molar-refractivity contribution is 0.100. The van der Waals surface area contributed by atoms with Gasteiger partial charge >= 0.3 is 0 Å². The first kappa shape index (κ1) is 10.2. The molecule has 4 nitrogen and oxygen atoms in total. The van der Waals surface area contributed by atoms with Gasteiger partial charge in [-0.15, -0.1) is 4.99 Å². The van der Waals surface area contributed by atoms with Gasteiger partial charge in [-0.25, -0.2) is 4.79 Å². The Labute approximate surface area is 81.9 Å². The summed E-state index contributed by atoms with van der Waals surface area (Å²) in [5.41, 5.74) is 1.37. The van der Waals surface area contributed by atoms with Crippen molar-refractivity contribution in [1.29, 1.82) is 0 Å². The number of nitrogens with zero attached hydrogens (tertiary/aromatic N) is 2. The minimum atomic E-state index is -0.565. The van der Waals surface area contributed by atoms with Gasteiger partial charge in [-0.05, 0) is 24.3 Å². The monoisotopic (exact) mass is 190 g/mol. The fourth-order valence-electron chi connectivity index (χ4n) is 1.01. The van der Waals surface area contributed by atoms with E-state index in [9.17, 15) is 9.59 Å². The molecule has 0 radical (unpaired) electrons. The molecule has 1 amide bonds. The maximum Gasteiger partial charge on any atom is 0.287 e. The Morgan fingerprint density at radius 1 is 1.29 bits per heavy atom. The van der Waals surface area contributed by atoms with Crippen LogP contribution in [0, 0.1) is 0 Å². The number of isocyanates is 1. The van der Waals surface area contributed by atoms with E-state index in [4.69, 9.17) is 0 Å². The van der Waals surface area contributed by atoms with Crippen LogP contribution in [0.2, 0.25) is 0 Å². The largest absolute Gasteiger partial charge is 0.378 e. The summed E-state index contributed by atoms with van der Waals surface area (Å²) in [5.74, 6) is -0.565. The molecule has 4 heteroatoms. The smallest absolute Gasteiger partial charge is 0.287 e. The van der Waals surface area contributed by atoms with Gasteiger partial charge in [-0.1, -0.05) is 0 Å². The van der Waals surface area contributed by atoms with Gasteiger partial charge in [-0.2, -0.15) is 0 Å². The molecule has 0 unspecified atom stereocenters. The molecule has 0 heterocycles. The van der Waals surface area contributed by atoms with Gasteiger partial charge in [0.2, 0.25) is 6.08 Å². The van der Waals surface area contributed by atoms with Crippen LogP contribution in [-0.2, 0) is 4.79 Å². The highest BCUT2D eigenvalue weighted by molar-refractivity contribution is 5.97. The molecule has 0 N–H and O–H groups in total. The molecule has 1 rings (SSSR count). The predicted octanol–water partition coefficient (Wildman–Crippen LogP) is 1.23. The highest BCUT2D eigenvalue weighted by Crippen LogP contribution is 2.12. The molecule has 0 bridgehead atoms. The molecule has 0 saturated heterocycles. The van der Waals surface area contributed by atoms with E-state index in [1.165, 1.54) is 6.08 Å². The molecule has 0 aliphatic carbocycles. The van der Waals surface area contributed by atoms with Crippen molar-refractivity contribution in [3.05, 3.63) is 29.8 Å². The number of hydrogen-bond donors (Lipinski definition) is 0. The summed E-state index contributed by atoms with van der Waals surface area (Å²) in [7, 11) is 3.81. The summed E-state index contributed by atoms with van der Waals surface area (Å²) in [6, 6.07) is 6.82. The Hall–Kier alpha value is -1.93. The maximum atomic E-state index is 11.1. The van der Waals surface area contributed by atoms with Crippen LogP contribution in [0.25, 0.3) is 0 Å². The molecule has 0 aromatic heterocycles. The normalized spacial score (nSPS) is 9.00. The second kappa shape index (κ2) is 4.35. The number of aliphatic imine (C=N–C) groups is 1. The second-order valence-corrected chi connectivity index (χ2v) is 2.95. The highest BCUT2D eigenvalue weighted by Gasteiger charge is 2.03. The van der Waals surface area contributed by atoms with E-state index in [0.29, 0.717) is 5.56 Å². The SMILES string of the molecule is CN(C)c1ccc(C(=O)N=C=O)cc1. The summed E-state index contributed by atoms with van der Waals surface area (Å²) in [4.78, 5) is 25.9. The summed E-state index contributed by atoms with van der Waals surface area (Å²) < 4.78 is 0. The van der Waals surface area contributed by atoms with Crippen molar-refractivity contribution < 1.29 is 9.59 Å². The number of benzene rings is 1. The summed E-state index contributed by atoms with van der Waals surface area (Å²) >= 11 is 0. The number of rotatable bonds is 2. The first-order chi connectivity index (χ1) is 6.65. The van der Waals surface area contributed by atoms with Crippen molar-refractivity contribution >= 4 is 17.7 Å². The minimum absolute atomic E-state index is 0.388. The average Bonchev–Trinajstić information content (AvgIpc) is 2.18. The van der Waals surface area contributed by atoms with Gasteiger partial charge in [-0.3, -0.25) is 4.79 Å². The molecule has 14 heavy (non-hydrogen) atoms. The lowest BCUT2D eigenvalue weighted by Crippen LogP contribution is -2.08. The van der Waals surface area contributed by atoms with Gasteiger partial charge in [0.15, 0.2) is 0 Å². The van der Waals surface area contributed by atoms with Gasteiger partial charge in [0.25, 0.3) is 5.91 Å². The van der Waals surface area contributed by atoms with E-state index >= 15 is 0 Å². The molecule has 0 fully saturated rings. The van der Waals surface area contributed by atoms with E-state index in [1.807, 2.05) is 19.0 Å². The van der Waals surface area contributed by atoms with Crippen LogP contribution in [-0.4, -0.2) is 26.1 Å². The van der Waals surface area contributed by atoms with Gasteiger partial charge in [0, 0.05) is 25.3 Å². The topological polar surface area (TPSA) is 49.7 Å². The average molecular weight is 190 g/mol. The first-order valence-electron chi connectivity index (χ1n) is 4.04. The quantitative estimate of drug-likeness (QED) is 0.520. The summed E-state index contributed by atoms with van der Waals surface area (Å²) in [6.07, 6.45) is 1.22. The Bertz CT molecular complexity index is 376. The molecule has 0 spiro atoms. The van der Waals surface area contributed by atoms with Crippen molar-refractivity contribution in [2.45, 2.75) is 0 Å². The fraction of sp³-hybridized carbons (Fsp3) is 0.200. The second-order valence-electron chi connectivity index (χ2n) is 2.95. The standard InChI is InChI=1S/C10H10N2O2/c1-12(2)9-5-3-8(4-6-9)10(14)11-7-13/h3-6H,1-2H3. The van der Waals surface area contributed by atoms with Crippen molar-refractivity contribution in [3.63, 3.8) is 0 Å². The number of anilines is 1. The Morgan fingerprint density at radius 2 is 1.86 bits per heavy atom. The summed E-state index contributed by atoms with van der Waals surface area (Å²) in [5, 5.41) is 0. The van der Waals surface area contributed by atoms with Gasteiger partial charge in [0.1, 0.15) is 0 Å². The van der Waals surface area contributed by atoms with Crippen LogP contribution in [0.5, 0.6) is 0 Å². The lowest BCUT2D eigenvalue weighted by Gasteiger charge is -2.11. The number of hydrogen-bond acceptors (Lipinski definition) is 3. The zero-order valence-corrected chi connectivity index (χ0v) is 8.02. The van der Waals surface area contributed by atoms with E-state index in [2.05, 4.69) is 4.99 Å². The Balaban J connectivity index is 2.93. The molecule has 72 valence electrons. The van der Waals surface area contributed by atoms with E-state index in [1.54, 1.807) is 24.3 Å². The third-order valence-corrected chi connectivity index (χ3v) is 1.78. The molecular formula is C10H10N2O2. The predicted molar refractivity (Wildman–Crippen MR) is 53.2 cm³/mol. The maximum absolute atomic E-state index is 11.1. The van der Waals surface area contributed by atoms with Crippen LogP contribution in [0.15, 0.2) is 29.3 Å². The highest BCUT2D eigenvalue weighted by atomic mass is 16.2. The van der Waals surface area contributed by atoms with Crippen molar-refractivity contribution in [3.8, 4) is 0 Å². The molecule has 0 aliphatic heterocycles. The Kier molecular flexibility index (Phi) is 3.15. The van der Waals surface area contributed by atoms with Crippen molar-refractivity contribution in [1.82, 2.24) is 0 Å². The van der Waals surface area contributed by atoms with E-state index < -0.39 is 5.91 Å². The molecule has 0 aliphatic rings. The lowest BCUT2D eigenvalue weighted by atomic mass is 10.2. The number of carbonyl (C=O) groups is 1. The third-order valence-electron chi connectivity index (χ3n) is 1.78. The molecule has 0 saturated carbocycles. The van der Waals surface area contributed by atoms with E-state index in [0.717, 1.165) is 5.69 Å². The van der Waals surface area contributed by atoms with Crippen LogP contribution < -0.4 is 4.90 Å². The number of amides is 1. The van der Waals surface area contributed by atoms with Crippen molar-refractivity contribution in [2.75, 3.05) is 19.0 Å². The number of carbonyl (C=O) groups excluding carboxylic acids is 2. The first-order valence-corrected chi connectivity index (χ1v) is 4.04. The molecule has 0 atom stereocenters. The molecule has 1 aromatic rings. The van der Waals surface area contributed by atoms with Gasteiger partial charge < -0.3 is 4.90 Å². The summed E-state index contributed by atoms with van der Waals surface area (Å²) in [6.45, 7) is 0. The Morgan fingerprint density at radius 3 is 2.29 bits per heavy atom. The van der Waals surface area contributed by atoms with Gasteiger partial charge in [0.05, 0.1) is 0 Å². The minimum Gasteiger partial charge on any atom is -0.378 e. The zero-order valence-electron chi connectivity index (χ0n) is 8.02. The molecule has 1 aromatic carbocycles. The van der Waals surface area contributed by atoms with Crippen molar-refractivity contribution in [2.24, 2.45) is 4.99 Å². The van der Waals surface area contributed by atoms with Crippen LogP contribution >= 0.6 is 0 Å². The molecular weight excluding hydrogens is 180 g/mol. The van der Waals surface area contributed by atoms with Crippen LogP contribution in [0.3, 0.4) is 0 Å². The third kappa shape index (κ3) is 2.28.